The van der Waals surface area contributed by atoms with Crippen molar-refractivity contribution < 1.29 is 0 Å². The topological polar surface area (TPSA) is 30.7 Å². The van der Waals surface area contributed by atoms with E-state index in [9.17, 15) is 0 Å². The molecule has 0 spiro atoms. The van der Waals surface area contributed by atoms with Crippen molar-refractivity contribution in [2.75, 3.05) is 0 Å². The van der Waals surface area contributed by atoms with Gasteiger partial charge in [0.25, 0.3) is 0 Å². The molecule has 72 valence electrons. The minimum atomic E-state index is 0.758. The van der Waals surface area contributed by atoms with Crippen LogP contribution in [0.3, 0.4) is 0 Å². The highest BCUT2D eigenvalue weighted by molar-refractivity contribution is 9.10. The van der Waals surface area contributed by atoms with E-state index in [1.165, 1.54) is 0 Å². The fourth-order valence-electron chi connectivity index (χ4n) is 1.08. The first kappa shape index (κ1) is 9.86. The molecule has 2 aromatic rings. The number of rotatable bonds is 2. The van der Waals surface area contributed by atoms with Gasteiger partial charge >= 0.3 is 0 Å². The highest BCUT2D eigenvalue weighted by Crippen LogP contribution is 2.12. The quantitative estimate of drug-likeness (QED) is 0.798. The predicted octanol–water partition coefficient (Wildman–Crippen LogP) is 2.92. The Morgan fingerprint density at radius 2 is 2.21 bits per heavy atom. The summed E-state index contributed by atoms with van der Waals surface area (Å²) in [5, 5.41) is 5.08. The molecule has 0 amide bonds. The SMILES string of the molecule is BrCc1ccn(-c2cc(Br)ccn2)n1. The first-order valence-corrected chi connectivity index (χ1v) is 5.93. The van der Waals surface area contributed by atoms with Crippen LogP contribution in [0.4, 0.5) is 0 Å². The van der Waals surface area contributed by atoms with E-state index in [1.54, 1.807) is 10.9 Å². The van der Waals surface area contributed by atoms with Gasteiger partial charge in [0.05, 0.1) is 5.69 Å². The standard InChI is InChI=1S/C9H7Br2N3/c10-6-8-2-4-14(13-8)9-5-7(11)1-3-12-9/h1-5H,6H2. The Morgan fingerprint density at radius 1 is 1.36 bits per heavy atom. The minimum Gasteiger partial charge on any atom is -0.237 e. The third-order valence-corrected chi connectivity index (χ3v) is 2.79. The first-order chi connectivity index (χ1) is 6.79. The van der Waals surface area contributed by atoms with Crippen LogP contribution in [0.2, 0.25) is 0 Å². The minimum absolute atomic E-state index is 0.758. The van der Waals surface area contributed by atoms with Gasteiger partial charge in [-0.3, -0.25) is 0 Å². The fourth-order valence-corrected chi connectivity index (χ4v) is 1.70. The van der Waals surface area contributed by atoms with Gasteiger partial charge in [0, 0.05) is 22.2 Å². The molecule has 0 unspecified atom stereocenters. The van der Waals surface area contributed by atoms with Crippen molar-refractivity contribution in [3.63, 3.8) is 0 Å². The molecule has 0 aliphatic rings. The summed E-state index contributed by atoms with van der Waals surface area (Å²) in [6.07, 6.45) is 3.64. The largest absolute Gasteiger partial charge is 0.237 e. The Kier molecular flexibility index (Phi) is 2.98. The highest BCUT2D eigenvalue weighted by Gasteiger charge is 2.01. The number of halogens is 2. The molecule has 14 heavy (non-hydrogen) atoms. The summed E-state index contributed by atoms with van der Waals surface area (Å²) in [6.45, 7) is 0. The first-order valence-electron chi connectivity index (χ1n) is 4.02. The second-order valence-electron chi connectivity index (χ2n) is 2.72. The summed E-state index contributed by atoms with van der Waals surface area (Å²) in [5.41, 5.74) is 0.992. The maximum absolute atomic E-state index is 4.33. The lowest BCUT2D eigenvalue weighted by Crippen LogP contribution is -1.98. The zero-order chi connectivity index (χ0) is 9.97. The molecule has 2 heterocycles. The van der Waals surface area contributed by atoms with E-state index in [0.29, 0.717) is 0 Å². The average Bonchev–Trinajstić information content (AvgIpc) is 2.66. The molecule has 0 atom stereocenters. The van der Waals surface area contributed by atoms with E-state index < -0.39 is 0 Å². The van der Waals surface area contributed by atoms with E-state index >= 15 is 0 Å². The Hall–Kier alpha value is -0.680. The summed E-state index contributed by atoms with van der Waals surface area (Å²) in [4.78, 5) is 4.21. The maximum Gasteiger partial charge on any atom is 0.154 e. The summed E-state index contributed by atoms with van der Waals surface area (Å²) in [7, 11) is 0. The molecule has 0 aromatic carbocycles. The second-order valence-corrected chi connectivity index (χ2v) is 4.19. The summed E-state index contributed by atoms with van der Waals surface area (Å²) in [6, 6.07) is 5.76. The lowest BCUT2D eigenvalue weighted by Gasteiger charge is -1.99. The zero-order valence-electron chi connectivity index (χ0n) is 7.19. The number of aromatic nitrogens is 3. The normalized spacial score (nSPS) is 10.4. The molecule has 0 fully saturated rings. The molecular weight excluding hydrogens is 310 g/mol. The highest BCUT2D eigenvalue weighted by atomic mass is 79.9. The Morgan fingerprint density at radius 3 is 2.86 bits per heavy atom. The van der Waals surface area contributed by atoms with Crippen LogP contribution in [0, 0.1) is 0 Å². The van der Waals surface area contributed by atoms with Gasteiger partial charge < -0.3 is 0 Å². The number of hydrogen-bond acceptors (Lipinski definition) is 2. The molecule has 0 saturated carbocycles. The van der Waals surface area contributed by atoms with Crippen molar-refractivity contribution in [2.45, 2.75) is 5.33 Å². The van der Waals surface area contributed by atoms with E-state index in [4.69, 9.17) is 0 Å². The number of pyridine rings is 1. The summed E-state index contributed by atoms with van der Waals surface area (Å²) < 4.78 is 2.75. The van der Waals surface area contributed by atoms with Gasteiger partial charge in [-0.25, -0.2) is 9.67 Å². The molecule has 5 heteroatoms. The Labute approximate surface area is 98.4 Å². The van der Waals surface area contributed by atoms with Gasteiger partial charge in [0.1, 0.15) is 0 Å². The Balaban J connectivity index is 2.39. The van der Waals surface area contributed by atoms with Crippen LogP contribution in [0.25, 0.3) is 5.82 Å². The van der Waals surface area contributed by atoms with Crippen LogP contribution in [0.15, 0.2) is 35.1 Å². The van der Waals surface area contributed by atoms with Crippen molar-refractivity contribution in [1.29, 1.82) is 0 Å². The van der Waals surface area contributed by atoms with Gasteiger partial charge in [0.15, 0.2) is 5.82 Å². The summed E-state index contributed by atoms with van der Waals surface area (Å²) in [5.74, 6) is 0.812. The second kappa shape index (κ2) is 4.23. The lowest BCUT2D eigenvalue weighted by molar-refractivity contribution is 0.830. The van der Waals surface area contributed by atoms with Crippen molar-refractivity contribution in [2.24, 2.45) is 0 Å². The third kappa shape index (κ3) is 2.04. The van der Waals surface area contributed by atoms with E-state index in [-0.39, 0.29) is 0 Å². The number of nitrogens with zero attached hydrogens (tertiary/aromatic N) is 3. The zero-order valence-corrected chi connectivity index (χ0v) is 10.4. The van der Waals surface area contributed by atoms with E-state index in [1.807, 2.05) is 24.4 Å². The van der Waals surface area contributed by atoms with Crippen molar-refractivity contribution in [3.05, 3.63) is 40.8 Å². The van der Waals surface area contributed by atoms with E-state index in [2.05, 4.69) is 41.9 Å². The number of hydrogen-bond donors (Lipinski definition) is 0. The van der Waals surface area contributed by atoms with E-state index in [0.717, 1.165) is 21.3 Å². The Bertz CT molecular complexity index is 439. The molecule has 0 aliphatic carbocycles. The smallest absolute Gasteiger partial charge is 0.154 e. The third-order valence-electron chi connectivity index (χ3n) is 1.72. The van der Waals surface area contributed by atoms with Gasteiger partial charge in [-0.05, 0) is 18.2 Å². The van der Waals surface area contributed by atoms with Gasteiger partial charge in [-0.15, -0.1) is 0 Å². The van der Waals surface area contributed by atoms with Crippen LogP contribution in [0.5, 0.6) is 0 Å². The summed E-state index contributed by atoms with van der Waals surface area (Å²) >= 11 is 6.75. The van der Waals surface area contributed by atoms with Crippen LogP contribution in [-0.2, 0) is 5.33 Å². The van der Waals surface area contributed by atoms with Gasteiger partial charge in [0.2, 0.25) is 0 Å². The van der Waals surface area contributed by atoms with Crippen LogP contribution < -0.4 is 0 Å². The molecule has 0 bridgehead atoms. The molecule has 3 nitrogen and oxygen atoms in total. The molecular formula is C9H7Br2N3. The fraction of sp³-hybridized carbons (Fsp3) is 0.111. The molecule has 0 radical (unpaired) electrons. The lowest BCUT2D eigenvalue weighted by atomic mass is 10.5. The van der Waals surface area contributed by atoms with Crippen molar-refractivity contribution in [1.82, 2.24) is 14.8 Å². The number of alkyl halides is 1. The van der Waals surface area contributed by atoms with Crippen molar-refractivity contribution in [3.8, 4) is 5.82 Å². The van der Waals surface area contributed by atoms with Crippen molar-refractivity contribution >= 4 is 31.9 Å². The molecule has 0 aliphatic heterocycles. The monoisotopic (exact) mass is 315 g/mol. The molecule has 0 saturated heterocycles. The van der Waals surface area contributed by atoms with Gasteiger partial charge in [-0.2, -0.15) is 5.10 Å². The predicted molar refractivity (Wildman–Crippen MR) is 61.7 cm³/mol. The maximum atomic E-state index is 4.33. The van der Waals surface area contributed by atoms with Crippen LogP contribution in [0.1, 0.15) is 5.69 Å². The average molecular weight is 317 g/mol. The molecule has 2 aromatic heterocycles. The molecule has 0 N–H and O–H groups in total. The molecule has 2 rings (SSSR count). The van der Waals surface area contributed by atoms with Gasteiger partial charge in [-0.1, -0.05) is 31.9 Å². The van der Waals surface area contributed by atoms with Crippen LogP contribution in [-0.4, -0.2) is 14.8 Å². The van der Waals surface area contributed by atoms with Crippen LogP contribution >= 0.6 is 31.9 Å².